The molecule has 0 spiro atoms. The molecule has 0 radical (unpaired) electrons. The summed E-state index contributed by atoms with van der Waals surface area (Å²) >= 11 is 1.31. The zero-order chi connectivity index (χ0) is 19.4. The molecule has 0 saturated carbocycles. The molecular weight excluding hydrogens is 368 g/mol. The van der Waals surface area contributed by atoms with Crippen molar-refractivity contribution in [3.8, 4) is 0 Å². The Morgan fingerprint density at radius 2 is 1.67 bits per heavy atom. The van der Waals surface area contributed by atoms with E-state index in [0.717, 1.165) is 0 Å². The monoisotopic (exact) mass is 388 g/mol. The number of fused-ring (bicyclic) bond motifs is 1. The maximum atomic E-state index is 12.3. The quantitative estimate of drug-likeness (QED) is 0.308. The molecule has 1 aromatic carbocycles. The minimum absolute atomic E-state index is 0.0590. The third-order valence-corrected chi connectivity index (χ3v) is 5.36. The van der Waals surface area contributed by atoms with Gasteiger partial charge < -0.3 is 9.64 Å². The van der Waals surface area contributed by atoms with Crippen molar-refractivity contribution >= 4 is 35.5 Å². The molecule has 2 heterocycles. The van der Waals surface area contributed by atoms with Crippen molar-refractivity contribution in [2.75, 3.05) is 25.4 Å². The lowest BCUT2D eigenvalue weighted by Gasteiger charge is -2.18. The third kappa shape index (κ3) is 4.05. The number of esters is 1. The molecule has 27 heavy (non-hydrogen) atoms. The van der Waals surface area contributed by atoms with Crippen molar-refractivity contribution in [1.82, 2.24) is 9.80 Å². The molecule has 0 N–H and O–H groups in total. The molecule has 142 valence electrons. The molecule has 7 nitrogen and oxygen atoms in total. The maximum Gasteiger partial charge on any atom is 0.333 e. The lowest BCUT2D eigenvalue weighted by Crippen LogP contribution is -2.32. The largest absolute Gasteiger partial charge is 0.463 e. The summed E-state index contributed by atoms with van der Waals surface area (Å²) in [6.07, 6.45) is 2.52. The third-order valence-electron chi connectivity index (χ3n) is 4.33. The van der Waals surface area contributed by atoms with Gasteiger partial charge in [0.2, 0.25) is 5.91 Å². The first-order valence-electron chi connectivity index (χ1n) is 8.79. The van der Waals surface area contributed by atoms with Crippen molar-refractivity contribution in [3.63, 3.8) is 0 Å². The predicted molar refractivity (Wildman–Crippen MR) is 99.9 cm³/mol. The number of unbranched alkanes of at least 4 members (excludes halogenated alkanes) is 1. The molecule has 0 atom stereocenters. The van der Waals surface area contributed by atoms with Crippen LogP contribution in [0.1, 0.15) is 40.5 Å². The fourth-order valence-electron chi connectivity index (χ4n) is 3.04. The van der Waals surface area contributed by atoms with Crippen LogP contribution in [-0.2, 0) is 14.3 Å². The van der Waals surface area contributed by atoms with Crippen LogP contribution in [0.3, 0.4) is 0 Å². The molecule has 3 rings (SSSR count). The van der Waals surface area contributed by atoms with Crippen LogP contribution >= 0.6 is 11.8 Å². The second-order valence-corrected chi connectivity index (χ2v) is 7.08. The van der Waals surface area contributed by atoms with Gasteiger partial charge in [0.1, 0.15) is 0 Å². The van der Waals surface area contributed by atoms with Crippen LogP contribution in [0.2, 0.25) is 0 Å². The van der Waals surface area contributed by atoms with Crippen LogP contribution in [0.5, 0.6) is 0 Å². The number of carbonyl (C=O) groups excluding carboxylic acids is 4. The van der Waals surface area contributed by atoms with Crippen molar-refractivity contribution in [2.45, 2.75) is 19.8 Å². The van der Waals surface area contributed by atoms with E-state index < -0.39 is 5.97 Å². The Labute approximate surface area is 161 Å². The molecule has 0 aliphatic carbocycles. The molecule has 1 saturated heterocycles. The summed E-state index contributed by atoms with van der Waals surface area (Å²) in [5.74, 6) is -0.775. The molecular formula is C19H20N2O5S. The minimum Gasteiger partial charge on any atom is -0.463 e. The fourth-order valence-corrected chi connectivity index (χ4v) is 3.99. The van der Waals surface area contributed by atoms with Gasteiger partial charge in [-0.3, -0.25) is 19.3 Å². The Balaban J connectivity index is 1.53. The highest BCUT2D eigenvalue weighted by atomic mass is 32.2. The summed E-state index contributed by atoms with van der Waals surface area (Å²) in [6, 6.07) is 6.79. The Hall–Kier alpha value is -2.61. The van der Waals surface area contributed by atoms with Gasteiger partial charge in [-0.25, -0.2) is 4.79 Å². The fraction of sp³-hybridized carbons (Fsp3) is 0.368. The summed E-state index contributed by atoms with van der Waals surface area (Å²) in [5.41, 5.74) is 0.876. The second kappa shape index (κ2) is 8.39. The van der Waals surface area contributed by atoms with E-state index in [2.05, 4.69) is 0 Å². The van der Waals surface area contributed by atoms with Gasteiger partial charge in [-0.05, 0) is 31.9 Å². The number of benzene rings is 1. The zero-order valence-electron chi connectivity index (χ0n) is 15.0. The first kappa shape index (κ1) is 19.2. The Morgan fingerprint density at radius 3 is 2.26 bits per heavy atom. The van der Waals surface area contributed by atoms with Crippen LogP contribution in [0.4, 0.5) is 0 Å². The average molecular weight is 388 g/mol. The number of rotatable bonds is 7. The first-order valence-corrected chi connectivity index (χ1v) is 9.78. The van der Waals surface area contributed by atoms with E-state index in [-0.39, 0.29) is 24.3 Å². The molecule has 0 unspecified atom stereocenters. The van der Waals surface area contributed by atoms with Crippen LogP contribution in [0.25, 0.3) is 0 Å². The molecule has 1 fully saturated rings. The number of imide groups is 1. The highest BCUT2D eigenvalue weighted by molar-refractivity contribution is 8.04. The highest BCUT2D eigenvalue weighted by Gasteiger charge is 2.34. The Bertz CT molecular complexity index is 785. The van der Waals surface area contributed by atoms with E-state index in [1.807, 2.05) is 0 Å². The lowest BCUT2D eigenvalue weighted by molar-refractivity contribution is -0.137. The van der Waals surface area contributed by atoms with Gasteiger partial charge in [-0.2, -0.15) is 0 Å². The van der Waals surface area contributed by atoms with Gasteiger partial charge in [-0.1, -0.05) is 23.9 Å². The standard InChI is InChI=1S/C19H20N2O5S/c1-2-26-17(23)11-16-20(15(22)12-27-16)9-5-6-10-21-18(24)13-7-3-4-8-14(13)19(21)25/h3-4,7-8,11H,2,5-6,9-10,12H2,1H3. The summed E-state index contributed by atoms with van der Waals surface area (Å²) in [5, 5.41) is 0.583. The van der Waals surface area contributed by atoms with Gasteiger partial charge in [0.05, 0.1) is 34.6 Å². The maximum absolute atomic E-state index is 12.3. The SMILES string of the molecule is CCOC(=O)C=C1SCC(=O)N1CCCCN1C(=O)c2ccccc2C1=O. The van der Waals surface area contributed by atoms with E-state index in [1.54, 1.807) is 36.1 Å². The second-order valence-electron chi connectivity index (χ2n) is 6.08. The van der Waals surface area contributed by atoms with Crippen LogP contribution in [0, 0.1) is 0 Å². The highest BCUT2D eigenvalue weighted by Crippen LogP contribution is 2.29. The first-order chi connectivity index (χ1) is 13.0. The molecule has 3 amide bonds. The smallest absolute Gasteiger partial charge is 0.333 e. The van der Waals surface area contributed by atoms with Crippen LogP contribution in [-0.4, -0.2) is 58.9 Å². The summed E-state index contributed by atoms with van der Waals surface area (Å²) < 4.78 is 4.89. The molecule has 2 aliphatic heterocycles. The van der Waals surface area contributed by atoms with Crippen molar-refractivity contribution in [2.24, 2.45) is 0 Å². The zero-order valence-corrected chi connectivity index (χ0v) is 15.8. The Kier molecular flexibility index (Phi) is 5.95. The van der Waals surface area contributed by atoms with Gasteiger partial charge in [-0.15, -0.1) is 0 Å². The van der Waals surface area contributed by atoms with Gasteiger partial charge >= 0.3 is 5.97 Å². The number of carbonyl (C=O) groups is 4. The van der Waals surface area contributed by atoms with Crippen LogP contribution < -0.4 is 0 Å². The van der Waals surface area contributed by atoms with E-state index in [1.165, 1.54) is 22.7 Å². The van der Waals surface area contributed by atoms with Crippen molar-refractivity contribution in [1.29, 1.82) is 0 Å². The molecule has 8 heteroatoms. The number of ether oxygens (including phenoxy) is 1. The normalized spacial score (nSPS) is 17.8. The summed E-state index contributed by atoms with van der Waals surface area (Å²) in [6.45, 7) is 2.74. The average Bonchev–Trinajstić information content (AvgIpc) is 3.11. The summed E-state index contributed by atoms with van der Waals surface area (Å²) in [7, 11) is 0. The van der Waals surface area contributed by atoms with Gasteiger partial charge in [0.25, 0.3) is 11.8 Å². The Morgan fingerprint density at radius 1 is 1.07 bits per heavy atom. The lowest BCUT2D eigenvalue weighted by atomic mass is 10.1. The van der Waals surface area contributed by atoms with Crippen LogP contribution in [0.15, 0.2) is 35.4 Å². The summed E-state index contributed by atoms with van der Waals surface area (Å²) in [4.78, 5) is 51.1. The van der Waals surface area contributed by atoms with E-state index in [0.29, 0.717) is 47.8 Å². The number of hydrogen-bond donors (Lipinski definition) is 0. The predicted octanol–water partition coefficient (Wildman–Crippen LogP) is 2.04. The van der Waals surface area contributed by atoms with E-state index in [9.17, 15) is 19.2 Å². The van der Waals surface area contributed by atoms with Crippen molar-refractivity contribution in [3.05, 3.63) is 46.5 Å². The van der Waals surface area contributed by atoms with E-state index in [4.69, 9.17) is 4.74 Å². The number of nitrogens with zero attached hydrogens (tertiary/aromatic N) is 2. The number of amides is 3. The number of hydrogen-bond acceptors (Lipinski definition) is 6. The van der Waals surface area contributed by atoms with E-state index >= 15 is 0 Å². The molecule has 0 aromatic heterocycles. The molecule has 1 aromatic rings. The van der Waals surface area contributed by atoms with Gasteiger partial charge in [0.15, 0.2) is 0 Å². The van der Waals surface area contributed by atoms with Gasteiger partial charge in [0, 0.05) is 13.1 Å². The topological polar surface area (TPSA) is 84.0 Å². The molecule has 0 bridgehead atoms. The molecule has 2 aliphatic rings. The number of thioether (sulfide) groups is 1. The minimum atomic E-state index is -0.467. The van der Waals surface area contributed by atoms with Crippen molar-refractivity contribution < 1.29 is 23.9 Å².